The monoisotopic (exact) mass is 271 g/mol. The third kappa shape index (κ3) is 2.68. The number of tetrazole rings is 1. The molecule has 2 heterocycles. The zero-order valence-corrected chi connectivity index (χ0v) is 11.6. The summed E-state index contributed by atoms with van der Waals surface area (Å²) in [4.78, 5) is 6.95. The maximum Gasteiger partial charge on any atom is 0.204 e. The van der Waals surface area contributed by atoms with Gasteiger partial charge in [-0.15, -0.1) is 21.5 Å². The lowest BCUT2D eigenvalue weighted by atomic mass is 10.1. The van der Waals surface area contributed by atoms with Crippen molar-refractivity contribution in [3.63, 3.8) is 0 Å². The molecule has 0 spiro atoms. The Kier molecular flexibility index (Phi) is 3.08. The van der Waals surface area contributed by atoms with Crippen molar-refractivity contribution in [3.8, 4) is 11.4 Å². The minimum absolute atomic E-state index is 0.615. The molecule has 0 amide bonds. The summed E-state index contributed by atoms with van der Waals surface area (Å²) in [6.07, 6.45) is 1.86. The standard InChI is InChI=1S/C13H13N5S/c1-9-3-5-11(6-4-9)13-15-17-18(16-13)8-12-7-14-10(2)19-12/h3-7H,8H2,1-2H3. The van der Waals surface area contributed by atoms with Crippen LogP contribution in [0.5, 0.6) is 0 Å². The molecule has 96 valence electrons. The van der Waals surface area contributed by atoms with E-state index in [9.17, 15) is 0 Å². The van der Waals surface area contributed by atoms with Crippen molar-refractivity contribution in [1.82, 2.24) is 25.2 Å². The third-order valence-electron chi connectivity index (χ3n) is 2.73. The van der Waals surface area contributed by atoms with Crippen molar-refractivity contribution in [2.45, 2.75) is 20.4 Å². The van der Waals surface area contributed by atoms with Crippen LogP contribution in [0.4, 0.5) is 0 Å². The van der Waals surface area contributed by atoms with E-state index in [0.29, 0.717) is 12.4 Å². The first-order valence-electron chi connectivity index (χ1n) is 5.97. The van der Waals surface area contributed by atoms with Crippen molar-refractivity contribution in [2.75, 3.05) is 0 Å². The quantitative estimate of drug-likeness (QED) is 0.734. The lowest BCUT2D eigenvalue weighted by molar-refractivity contribution is 0.577. The highest BCUT2D eigenvalue weighted by molar-refractivity contribution is 7.11. The van der Waals surface area contributed by atoms with Gasteiger partial charge in [0.1, 0.15) is 0 Å². The van der Waals surface area contributed by atoms with E-state index in [-0.39, 0.29) is 0 Å². The fourth-order valence-corrected chi connectivity index (χ4v) is 2.52. The highest BCUT2D eigenvalue weighted by atomic mass is 32.1. The number of hydrogen-bond donors (Lipinski definition) is 0. The van der Waals surface area contributed by atoms with Crippen LogP contribution in [0, 0.1) is 13.8 Å². The predicted octanol–water partition coefficient (Wildman–Crippen LogP) is 2.46. The van der Waals surface area contributed by atoms with Crippen LogP contribution in [0.25, 0.3) is 11.4 Å². The van der Waals surface area contributed by atoms with Gasteiger partial charge in [0.05, 0.1) is 11.6 Å². The summed E-state index contributed by atoms with van der Waals surface area (Å²) in [5.74, 6) is 0.654. The molecule has 5 nitrogen and oxygen atoms in total. The Hall–Kier alpha value is -2.08. The third-order valence-corrected chi connectivity index (χ3v) is 3.63. The normalized spacial score (nSPS) is 10.8. The first-order valence-corrected chi connectivity index (χ1v) is 6.78. The summed E-state index contributed by atoms with van der Waals surface area (Å²) in [7, 11) is 0. The van der Waals surface area contributed by atoms with Crippen LogP contribution in [-0.2, 0) is 6.54 Å². The number of hydrogen-bond acceptors (Lipinski definition) is 5. The number of nitrogens with zero attached hydrogens (tertiary/aromatic N) is 5. The first kappa shape index (κ1) is 12.0. The Morgan fingerprint density at radius 3 is 2.63 bits per heavy atom. The van der Waals surface area contributed by atoms with E-state index in [1.807, 2.05) is 37.4 Å². The molecule has 0 atom stereocenters. The molecule has 3 rings (SSSR count). The lowest BCUT2D eigenvalue weighted by Gasteiger charge is -1.95. The smallest absolute Gasteiger partial charge is 0.204 e. The summed E-state index contributed by atoms with van der Waals surface area (Å²) < 4.78 is 0. The van der Waals surface area contributed by atoms with Crippen LogP contribution < -0.4 is 0 Å². The summed E-state index contributed by atoms with van der Waals surface area (Å²) in [5, 5.41) is 13.6. The van der Waals surface area contributed by atoms with E-state index >= 15 is 0 Å². The fourth-order valence-electron chi connectivity index (χ4n) is 1.75. The number of rotatable bonds is 3. The van der Waals surface area contributed by atoms with Crippen LogP contribution in [0.1, 0.15) is 15.4 Å². The maximum absolute atomic E-state index is 4.39. The second kappa shape index (κ2) is 4.89. The molecule has 0 fully saturated rings. The Bertz CT molecular complexity index is 683. The molecule has 0 aliphatic rings. The molecule has 0 aliphatic heterocycles. The van der Waals surface area contributed by atoms with Crippen LogP contribution in [-0.4, -0.2) is 25.2 Å². The van der Waals surface area contributed by atoms with Gasteiger partial charge in [-0.3, -0.25) is 0 Å². The van der Waals surface area contributed by atoms with Gasteiger partial charge in [-0.25, -0.2) is 4.98 Å². The second-order valence-electron chi connectivity index (χ2n) is 4.36. The molecular formula is C13H13N5S. The van der Waals surface area contributed by atoms with E-state index in [1.54, 1.807) is 16.1 Å². The molecule has 2 aromatic heterocycles. The van der Waals surface area contributed by atoms with Crippen LogP contribution in [0.3, 0.4) is 0 Å². The topological polar surface area (TPSA) is 56.5 Å². The summed E-state index contributed by atoms with van der Waals surface area (Å²) in [5.41, 5.74) is 2.20. The van der Waals surface area contributed by atoms with Gasteiger partial charge in [-0.2, -0.15) is 4.80 Å². The SMILES string of the molecule is Cc1ccc(-c2nnn(Cc3cnc(C)s3)n2)cc1. The Morgan fingerprint density at radius 1 is 1.16 bits per heavy atom. The molecule has 0 aliphatic carbocycles. The van der Waals surface area contributed by atoms with E-state index in [4.69, 9.17) is 0 Å². The van der Waals surface area contributed by atoms with Gasteiger partial charge in [0.25, 0.3) is 0 Å². The van der Waals surface area contributed by atoms with Crippen molar-refractivity contribution in [2.24, 2.45) is 0 Å². The van der Waals surface area contributed by atoms with Crippen molar-refractivity contribution in [1.29, 1.82) is 0 Å². The number of benzene rings is 1. The molecule has 0 radical (unpaired) electrons. The van der Waals surface area contributed by atoms with Gasteiger partial charge in [0, 0.05) is 16.6 Å². The Labute approximate surface area is 114 Å². The second-order valence-corrected chi connectivity index (χ2v) is 5.67. The van der Waals surface area contributed by atoms with Crippen molar-refractivity contribution in [3.05, 3.63) is 45.9 Å². The van der Waals surface area contributed by atoms with Crippen molar-refractivity contribution < 1.29 is 0 Å². The molecule has 6 heteroatoms. The van der Waals surface area contributed by atoms with Gasteiger partial charge in [-0.05, 0) is 19.1 Å². The molecule has 0 saturated heterocycles. The zero-order valence-electron chi connectivity index (χ0n) is 10.7. The van der Waals surface area contributed by atoms with Gasteiger partial charge in [-0.1, -0.05) is 29.8 Å². The lowest BCUT2D eigenvalue weighted by Crippen LogP contribution is -2.02. The molecule has 1 aromatic carbocycles. The molecule has 0 unspecified atom stereocenters. The minimum Gasteiger partial charge on any atom is -0.250 e. The van der Waals surface area contributed by atoms with Gasteiger partial charge in [0.2, 0.25) is 5.82 Å². The molecule has 19 heavy (non-hydrogen) atoms. The summed E-state index contributed by atoms with van der Waals surface area (Å²) in [6, 6.07) is 8.10. The van der Waals surface area contributed by atoms with Crippen LogP contribution in [0.2, 0.25) is 0 Å². The average Bonchev–Trinajstić information content (AvgIpc) is 3.00. The van der Waals surface area contributed by atoms with E-state index in [0.717, 1.165) is 15.4 Å². The predicted molar refractivity (Wildman–Crippen MR) is 73.9 cm³/mol. The summed E-state index contributed by atoms with van der Waals surface area (Å²) in [6.45, 7) is 4.66. The molecular weight excluding hydrogens is 258 g/mol. The molecule has 3 aromatic rings. The molecule has 0 N–H and O–H groups in total. The highest BCUT2D eigenvalue weighted by Gasteiger charge is 2.07. The van der Waals surface area contributed by atoms with Crippen LogP contribution >= 0.6 is 11.3 Å². The van der Waals surface area contributed by atoms with E-state index in [1.165, 1.54) is 5.56 Å². The molecule has 0 bridgehead atoms. The Balaban J connectivity index is 1.81. The average molecular weight is 271 g/mol. The number of aromatic nitrogens is 5. The van der Waals surface area contributed by atoms with Gasteiger partial charge in [0.15, 0.2) is 0 Å². The Morgan fingerprint density at radius 2 is 1.95 bits per heavy atom. The maximum atomic E-state index is 4.39. The highest BCUT2D eigenvalue weighted by Crippen LogP contribution is 2.15. The van der Waals surface area contributed by atoms with Gasteiger partial charge < -0.3 is 0 Å². The molecule has 0 saturated carbocycles. The van der Waals surface area contributed by atoms with Gasteiger partial charge >= 0.3 is 0 Å². The largest absolute Gasteiger partial charge is 0.250 e. The van der Waals surface area contributed by atoms with E-state index in [2.05, 4.69) is 27.3 Å². The summed E-state index contributed by atoms with van der Waals surface area (Å²) >= 11 is 1.65. The van der Waals surface area contributed by atoms with Crippen LogP contribution in [0.15, 0.2) is 30.5 Å². The first-order chi connectivity index (χ1) is 9.20. The minimum atomic E-state index is 0.615. The number of thiazole rings is 1. The van der Waals surface area contributed by atoms with Crippen molar-refractivity contribution >= 4 is 11.3 Å². The fraction of sp³-hybridized carbons (Fsp3) is 0.231. The van der Waals surface area contributed by atoms with E-state index < -0.39 is 0 Å². The number of aryl methyl sites for hydroxylation is 2. The zero-order chi connectivity index (χ0) is 13.2.